The van der Waals surface area contributed by atoms with Crippen molar-refractivity contribution in [1.82, 2.24) is 0 Å². The van der Waals surface area contributed by atoms with E-state index >= 15 is 0 Å². The standard InChI is InChI=1S/C56H40N2/c1-5-19-48(20-6-1)57(49-21-7-2-8-22-49)52-33-29-41(30-34-52)45-38-46(40-47(39-45)56-54-27-15-13-17-43(54)37-44-18-14-16-28-55(44)56)42-31-35-53(36-32-42)58(50-23-9-3-10-24-50)51-25-11-4-12-26-51/h1-40H. The molecular weight excluding hydrogens is 701 g/mol. The highest BCUT2D eigenvalue weighted by Gasteiger charge is 2.17. The van der Waals surface area contributed by atoms with Crippen LogP contribution in [-0.4, -0.2) is 0 Å². The van der Waals surface area contributed by atoms with Crippen LogP contribution in [0, 0.1) is 0 Å². The molecule has 0 atom stereocenters. The average molecular weight is 741 g/mol. The number of nitrogens with zero attached hydrogens (tertiary/aromatic N) is 2. The molecule has 0 aliphatic heterocycles. The second-order valence-electron chi connectivity index (χ2n) is 14.6. The molecule has 0 saturated carbocycles. The lowest BCUT2D eigenvalue weighted by Crippen LogP contribution is -2.09. The van der Waals surface area contributed by atoms with Gasteiger partial charge in [-0.3, -0.25) is 0 Å². The zero-order valence-corrected chi connectivity index (χ0v) is 32.0. The molecule has 0 unspecified atom stereocenters. The van der Waals surface area contributed by atoms with Crippen molar-refractivity contribution in [3.63, 3.8) is 0 Å². The molecule has 58 heavy (non-hydrogen) atoms. The van der Waals surface area contributed by atoms with Crippen LogP contribution in [0.5, 0.6) is 0 Å². The fourth-order valence-electron chi connectivity index (χ4n) is 8.24. The smallest absolute Gasteiger partial charge is 0.0462 e. The molecule has 10 rings (SSSR count). The van der Waals surface area contributed by atoms with E-state index in [1.807, 2.05) is 0 Å². The highest BCUT2D eigenvalue weighted by molar-refractivity contribution is 6.13. The number of para-hydroxylation sites is 4. The summed E-state index contributed by atoms with van der Waals surface area (Å²) in [4.78, 5) is 4.62. The number of rotatable bonds is 9. The molecule has 0 bridgehead atoms. The molecule has 0 heterocycles. The van der Waals surface area contributed by atoms with Gasteiger partial charge in [0.15, 0.2) is 0 Å². The first-order valence-corrected chi connectivity index (χ1v) is 19.8. The van der Waals surface area contributed by atoms with Gasteiger partial charge in [-0.1, -0.05) is 146 Å². The van der Waals surface area contributed by atoms with Crippen LogP contribution >= 0.6 is 0 Å². The fraction of sp³-hybridized carbons (Fsp3) is 0. The van der Waals surface area contributed by atoms with E-state index in [9.17, 15) is 0 Å². The molecule has 0 saturated heterocycles. The summed E-state index contributed by atoms with van der Waals surface area (Å²) in [6.07, 6.45) is 0. The van der Waals surface area contributed by atoms with Gasteiger partial charge in [-0.2, -0.15) is 0 Å². The van der Waals surface area contributed by atoms with Crippen LogP contribution in [-0.2, 0) is 0 Å². The van der Waals surface area contributed by atoms with Gasteiger partial charge in [0.2, 0.25) is 0 Å². The zero-order chi connectivity index (χ0) is 38.7. The minimum atomic E-state index is 1.11. The van der Waals surface area contributed by atoms with E-state index in [0.717, 1.165) is 45.3 Å². The molecule has 0 amide bonds. The van der Waals surface area contributed by atoms with Crippen LogP contribution < -0.4 is 9.80 Å². The highest BCUT2D eigenvalue weighted by Crippen LogP contribution is 2.42. The Balaban J connectivity index is 1.12. The Morgan fingerprint density at radius 1 is 0.207 bits per heavy atom. The van der Waals surface area contributed by atoms with Crippen molar-refractivity contribution in [3.05, 3.63) is 243 Å². The van der Waals surface area contributed by atoms with Crippen LogP contribution in [0.15, 0.2) is 243 Å². The Kier molecular flexibility index (Phi) is 9.27. The predicted molar refractivity (Wildman–Crippen MR) is 247 cm³/mol. The van der Waals surface area contributed by atoms with Crippen molar-refractivity contribution in [3.8, 4) is 33.4 Å². The van der Waals surface area contributed by atoms with Crippen molar-refractivity contribution in [1.29, 1.82) is 0 Å². The van der Waals surface area contributed by atoms with E-state index in [4.69, 9.17) is 0 Å². The van der Waals surface area contributed by atoms with Crippen LogP contribution in [0.25, 0.3) is 54.9 Å². The second-order valence-corrected chi connectivity index (χ2v) is 14.6. The van der Waals surface area contributed by atoms with Gasteiger partial charge in [0, 0.05) is 34.1 Å². The monoisotopic (exact) mass is 740 g/mol. The van der Waals surface area contributed by atoms with Gasteiger partial charge in [0.25, 0.3) is 0 Å². The number of hydrogen-bond acceptors (Lipinski definition) is 2. The zero-order valence-electron chi connectivity index (χ0n) is 32.0. The quantitative estimate of drug-likeness (QED) is 0.136. The van der Waals surface area contributed by atoms with E-state index in [-0.39, 0.29) is 0 Å². The van der Waals surface area contributed by atoms with Crippen LogP contribution in [0.2, 0.25) is 0 Å². The molecular formula is C56H40N2. The summed E-state index contributed by atoms with van der Waals surface area (Å²) in [5, 5.41) is 4.97. The van der Waals surface area contributed by atoms with E-state index in [2.05, 4.69) is 252 Å². The molecule has 0 N–H and O–H groups in total. The lowest BCUT2D eigenvalue weighted by atomic mass is 9.88. The highest BCUT2D eigenvalue weighted by atomic mass is 15.1. The SMILES string of the molecule is c1ccc(N(c2ccccc2)c2ccc(-c3cc(-c4ccc(N(c5ccccc5)c5ccccc5)cc4)cc(-c4c5ccccc5cc5ccccc45)c3)cc2)cc1. The molecule has 10 aromatic rings. The number of hydrogen-bond donors (Lipinski definition) is 0. The number of anilines is 6. The maximum atomic E-state index is 2.37. The molecule has 2 heteroatoms. The van der Waals surface area contributed by atoms with Gasteiger partial charge in [-0.15, -0.1) is 0 Å². The Labute approximate surface area is 340 Å². The van der Waals surface area contributed by atoms with E-state index in [0.29, 0.717) is 0 Å². The Morgan fingerprint density at radius 2 is 0.500 bits per heavy atom. The summed E-state index contributed by atoms with van der Waals surface area (Å²) in [5.41, 5.74) is 13.8. The number of benzene rings is 10. The number of fused-ring (bicyclic) bond motifs is 2. The predicted octanol–water partition coefficient (Wildman–Crippen LogP) is 15.9. The van der Waals surface area contributed by atoms with Gasteiger partial charge in [-0.05, 0) is 152 Å². The Morgan fingerprint density at radius 3 is 0.862 bits per heavy atom. The minimum Gasteiger partial charge on any atom is -0.311 e. The molecule has 0 fully saturated rings. The van der Waals surface area contributed by atoms with Crippen LogP contribution in [0.3, 0.4) is 0 Å². The van der Waals surface area contributed by atoms with Crippen molar-refractivity contribution in [2.24, 2.45) is 0 Å². The van der Waals surface area contributed by atoms with E-state index in [1.165, 1.54) is 43.8 Å². The summed E-state index contributed by atoms with van der Waals surface area (Å²) in [7, 11) is 0. The van der Waals surface area contributed by atoms with Gasteiger partial charge in [-0.25, -0.2) is 0 Å². The third-order valence-corrected chi connectivity index (χ3v) is 11.0. The first-order valence-electron chi connectivity index (χ1n) is 19.8. The third-order valence-electron chi connectivity index (χ3n) is 11.0. The topological polar surface area (TPSA) is 6.48 Å². The van der Waals surface area contributed by atoms with Crippen LogP contribution in [0.4, 0.5) is 34.1 Å². The van der Waals surface area contributed by atoms with Gasteiger partial charge >= 0.3 is 0 Å². The lowest BCUT2D eigenvalue weighted by molar-refractivity contribution is 1.28. The maximum absolute atomic E-state index is 2.37. The first kappa shape index (κ1) is 34.8. The normalized spacial score (nSPS) is 11.1. The van der Waals surface area contributed by atoms with E-state index < -0.39 is 0 Å². The molecule has 10 aromatic carbocycles. The summed E-state index contributed by atoms with van der Waals surface area (Å²) in [6, 6.07) is 87.3. The van der Waals surface area contributed by atoms with Crippen molar-refractivity contribution in [2.45, 2.75) is 0 Å². The molecule has 0 radical (unpaired) electrons. The van der Waals surface area contributed by atoms with Crippen molar-refractivity contribution < 1.29 is 0 Å². The summed E-state index contributed by atoms with van der Waals surface area (Å²) in [6.45, 7) is 0. The van der Waals surface area contributed by atoms with Crippen molar-refractivity contribution >= 4 is 55.7 Å². The summed E-state index contributed by atoms with van der Waals surface area (Å²) < 4.78 is 0. The van der Waals surface area contributed by atoms with E-state index in [1.54, 1.807) is 0 Å². The van der Waals surface area contributed by atoms with Gasteiger partial charge < -0.3 is 9.80 Å². The van der Waals surface area contributed by atoms with Gasteiger partial charge in [0.05, 0.1) is 0 Å². The first-order chi connectivity index (χ1) is 28.8. The molecule has 0 aromatic heterocycles. The van der Waals surface area contributed by atoms with Crippen LogP contribution in [0.1, 0.15) is 0 Å². The van der Waals surface area contributed by atoms with Crippen molar-refractivity contribution in [2.75, 3.05) is 9.80 Å². The molecule has 0 aliphatic rings. The molecule has 0 spiro atoms. The summed E-state index contributed by atoms with van der Waals surface area (Å²) in [5.74, 6) is 0. The average Bonchev–Trinajstić information content (AvgIpc) is 3.30. The minimum absolute atomic E-state index is 1.11. The molecule has 274 valence electrons. The maximum Gasteiger partial charge on any atom is 0.0462 e. The largest absolute Gasteiger partial charge is 0.311 e. The summed E-state index contributed by atoms with van der Waals surface area (Å²) >= 11 is 0. The Bertz CT molecular complexity index is 2680. The fourth-order valence-corrected chi connectivity index (χ4v) is 8.24. The van der Waals surface area contributed by atoms with Gasteiger partial charge in [0.1, 0.15) is 0 Å². The second kappa shape index (κ2) is 15.5. The molecule has 2 nitrogen and oxygen atoms in total. The molecule has 0 aliphatic carbocycles. The lowest BCUT2D eigenvalue weighted by Gasteiger charge is -2.26. The Hall–Kier alpha value is -7.68. The third kappa shape index (κ3) is 6.78.